The molecule has 0 aliphatic heterocycles. The molecule has 0 aliphatic carbocycles. The van der Waals surface area contributed by atoms with Crippen molar-refractivity contribution in [2.24, 2.45) is 5.10 Å². The van der Waals surface area contributed by atoms with Crippen molar-refractivity contribution in [3.63, 3.8) is 0 Å². The maximum Gasteiger partial charge on any atom is 0.203 e. The van der Waals surface area contributed by atoms with Crippen molar-refractivity contribution in [2.75, 3.05) is 5.43 Å². The van der Waals surface area contributed by atoms with E-state index in [4.69, 9.17) is 0 Å². The van der Waals surface area contributed by atoms with Gasteiger partial charge in [0.05, 0.1) is 11.9 Å². The molecule has 0 saturated carbocycles. The van der Waals surface area contributed by atoms with Crippen LogP contribution in [0.2, 0.25) is 0 Å². The van der Waals surface area contributed by atoms with Gasteiger partial charge in [-0.2, -0.15) is 5.10 Å². The largest absolute Gasteiger partial charge is 0.361 e. The molecule has 0 fully saturated rings. The molecule has 0 spiro atoms. The lowest BCUT2D eigenvalue weighted by Gasteiger charge is -1.95. The second-order valence-electron chi connectivity index (χ2n) is 3.99. The number of anilines is 1. The zero-order valence-electron chi connectivity index (χ0n) is 9.84. The molecule has 90 valence electrons. The second kappa shape index (κ2) is 4.62. The molecule has 3 rings (SSSR count). The average Bonchev–Trinajstić information content (AvgIpc) is 2.97. The van der Waals surface area contributed by atoms with Crippen LogP contribution in [0.5, 0.6) is 0 Å². The molecule has 2 aromatic heterocycles. The Morgan fingerprint density at radius 3 is 3.17 bits per heavy atom. The summed E-state index contributed by atoms with van der Waals surface area (Å²) in [5, 5.41) is 8.16. The maximum absolute atomic E-state index is 4.27. The zero-order chi connectivity index (χ0) is 12.4. The van der Waals surface area contributed by atoms with Crippen LogP contribution < -0.4 is 5.43 Å². The Kier molecular flexibility index (Phi) is 2.82. The van der Waals surface area contributed by atoms with Crippen LogP contribution >= 0.6 is 11.3 Å². The summed E-state index contributed by atoms with van der Waals surface area (Å²) in [6.07, 6.45) is 3.73. The maximum atomic E-state index is 4.27. The number of thiazole rings is 1. The number of hydrogen-bond donors (Lipinski definition) is 2. The van der Waals surface area contributed by atoms with E-state index in [2.05, 4.69) is 26.6 Å². The monoisotopic (exact) mass is 256 g/mol. The number of fused-ring (bicyclic) bond motifs is 1. The van der Waals surface area contributed by atoms with Gasteiger partial charge in [-0.3, -0.25) is 5.43 Å². The van der Waals surface area contributed by atoms with Crippen molar-refractivity contribution in [3.05, 3.63) is 47.1 Å². The van der Waals surface area contributed by atoms with E-state index in [0.29, 0.717) is 0 Å². The predicted octanol–water partition coefficient (Wildman–Crippen LogP) is 3.38. The van der Waals surface area contributed by atoms with Crippen molar-refractivity contribution < 1.29 is 0 Å². The van der Waals surface area contributed by atoms with Crippen LogP contribution in [0.3, 0.4) is 0 Å². The third-order valence-corrected chi connectivity index (χ3v) is 3.43. The summed E-state index contributed by atoms with van der Waals surface area (Å²) >= 11 is 1.55. The van der Waals surface area contributed by atoms with Gasteiger partial charge in [-0.15, -0.1) is 11.3 Å². The molecule has 0 radical (unpaired) electrons. The number of hydrogen-bond acceptors (Lipinski definition) is 4. The van der Waals surface area contributed by atoms with Gasteiger partial charge in [0, 0.05) is 17.1 Å². The summed E-state index contributed by atoms with van der Waals surface area (Å²) in [5.41, 5.74) is 6.12. The van der Waals surface area contributed by atoms with Gasteiger partial charge >= 0.3 is 0 Å². The van der Waals surface area contributed by atoms with Crippen LogP contribution in [0.4, 0.5) is 5.13 Å². The van der Waals surface area contributed by atoms with Crippen molar-refractivity contribution in [1.82, 2.24) is 9.97 Å². The van der Waals surface area contributed by atoms with E-state index in [9.17, 15) is 0 Å². The fourth-order valence-electron chi connectivity index (χ4n) is 1.72. The molecule has 0 bridgehead atoms. The van der Waals surface area contributed by atoms with E-state index >= 15 is 0 Å². The Morgan fingerprint density at radius 1 is 1.39 bits per heavy atom. The zero-order valence-corrected chi connectivity index (χ0v) is 10.7. The molecule has 0 atom stereocenters. The summed E-state index contributed by atoms with van der Waals surface area (Å²) in [5.74, 6) is 0. The first-order valence-corrected chi connectivity index (χ1v) is 6.47. The topological polar surface area (TPSA) is 53.1 Å². The lowest BCUT2D eigenvalue weighted by atomic mass is 10.2. The van der Waals surface area contributed by atoms with Crippen molar-refractivity contribution in [3.8, 4) is 0 Å². The highest BCUT2D eigenvalue weighted by Gasteiger charge is 1.96. The average molecular weight is 256 g/mol. The van der Waals surface area contributed by atoms with E-state index < -0.39 is 0 Å². The standard InChI is InChI=1S/C13H12N4S/c1-9-8-18-13(16-9)17-15-7-10-2-3-12-11(6-10)4-5-14-12/h2-8,14H,1H3,(H,16,17). The molecule has 2 heterocycles. The van der Waals surface area contributed by atoms with Gasteiger partial charge in [-0.25, -0.2) is 4.98 Å². The van der Waals surface area contributed by atoms with E-state index in [0.717, 1.165) is 21.9 Å². The van der Waals surface area contributed by atoms with E-state index in [1.807, 2.05) is 36.7 Å². The number of hydrazone groups is 1. The first kappa shape index (κ1) is 11.0. The first-order chi connectivity index (χ1) is 8.81. The number of nitrogens with zero attached hydrogens (tertiary/aromatic N) is 2. The van der Waals surface area contributed by atoms with Crippen LogP contribution in [0.1, 0.15) is 11.3 Å². The predicted molar refractivity (Wildman–Crippen MR) is 76.4 cm³/mol. The minimum Gasteiger partial charge on any atom is -0.361 e. The van der Waals surface area contributed by atoms with Crippen LogP contribution in [-0.2, 0) is 0 Å². The highest BCUT2D eigenvalue weighted by Crippen LogP contribution is 2.15. The molecule has 2 N–H and O–H groups in total. The Balaban J connectivity index is 1.75. The third kappa shape index (κ3) is 2.26. The van der Waals surface area contributed by atoms with Gasteiger partial charge in [-0.05, 0) is 36.1 Å². The number of nitrogens with one attached hydrogen (secondary N) is 2. The number of aryl methyl sites for hydroxylation is 1. The second-order valence-corrected chi connectivity index (χ2v) is 4.85. The molecule has 1 aromatic carbocycles. The third-order valence-electron chi connectivity index (χ3n) is 2.57. The molecule has 4 nitrogen and oxygen atoms in total. The number of benzene rings is 1. The lowest BCUT2D eigenvalue weighted by molar-refractivity contribution is 1.22. The number of H-pyrrole nitrogens is 1. The smallest absolute Gasteiger partial charge is 0.203 e. The molecule has 3 aromatic rings. The lowest BCUT2D eigenvalue weighted by Crippen LogP contribution is -1.89. The van der Waals surface area contributed by atoms with Crippen molar-refractivity contribution >= 4 is 33.6 Å². The highest BCUT2D eigenvalue weighted by atomic mass is 32.1. The number of aromatic amines is 1. The van der Waals surface area contributed by atoms with Gasteiger partial charge in [-0.1, -0.05) is 6.07 Å². The summed E-state index contributed by atoms with van der Waals surface area (Å²) in [7, 11) is 0. The van der Waals surface area contributed by atoms with Crippen LogP contribution in [-0.4, -0.2) is 16.2 Å². The molecule has 0 amide bonds. The van der Waals surface area contributed by atoms with Crippen molar-refractivity contribution in [2.45, 2.75) is 6.92 Å². The molecule has 0 unspecified atom stereocenters. The Bertz CT molecular complexity index is 696. The molecular weight excluding hydrogens is 244 g/mol. The summed E-state index contributed by atoms with van der Waals surface area (Å²) in [6, 6.07) is 8.20. The molecule has 0 aliphatic rings. The SMILES string of the molecule is Cc1csc(NN=Cc2ccc3[nH]ccc3c2)n1. The van der Waals surface area contributed by atoms with Crippen LogP contribution in [0.15, 0.2) is 40.9 Å². The molecular formula is C13H12N4S. The summed E-state index contributed by atoms with van der Waals surface area (Å²) in [4.78, 5) is 7.44. The Labute approximate surface area is 108 Å². The normalized spacial score (nSPS) is 11.4. The highest BCUT2D eigenvalue weighted by molar-refractivity contribution is 7.13. The molecule has 18 heavy (non-hydrogen) atoms. The van der Waals surface area contributed by atoms with E-state index in [1.165, 1.54) is 5.39 Å². The van der Waals surface area contributed by atoms with Gasteiger partial charge in [0.25, 0.3) is 0 Å². The quantitative estimate of drug-likeness (QED) is 0.557. The minimum atomic E-state index is 0.812. The van der Waals surface area contributed by atoms with E-state index in [1.54, 1.807) is 17.6 Å². The van der Waals surface area contributed by atoms with Gasteiger partial charge in [0.2, 0.25) is 5.13 Å². The van der Waals surface area contributed by atoms with Crippen molar-refractivity contribution in [1.29, 1.82) is 0 Å². The van der Waals surface area contributed by atoms with Gasteiger partial charge < -0.3 is 4.98 Å². The van der Waals surface area contributed by atoms with Gasteiger partial charge in [0.15, 0.2) is 0 Å². The number of rotatable bonds is 3. The molecule has 0 saturated heterocycles. The van der Waals surface area contributed by atoms with E-state index in [-0.39, 0.29) is 0 Å². The Hall–Kier alpha value is -2.14. The van der Waals surface area contributed by atoms with Crippen LogP contribution in [0, 0.1) is 6.92 Å². The minimum absolute atomic E-state index is 0.812. The fourth-order valence-corrected chi connectivity index (χ4v) is 2.36. The van der Waals surface area contributed by atoms with Gasteiger partial charge in [0.1, 0.15) is 0 Å². The Morgan fingerprint density at radius 2 is 2.33 bits per heavy atom. The number of aromatic nitrogens is 2. The molecule has 5 heteroatoms. The summed E-state index contributed by atoms with van der Waals surface area (Å²) in [6.45, 7) is 1.96. The fraction of sp³-hybridized carbons (Fsp3) is 0.0769. The first-order valence-electron chi connectivity index (χ1n) is 5.59. The van der Waals surface area contributed by atoms with Crippen LogP contribution in [0.25, 0.3) is 10.9 Å². The summed E-state index contributed by atoms with van der Waals surface area (Å²) < 4.78 is 0.